The van der Waals surface area contributed by atoms with Crippen LogP contribution in [0.15, 0.2) is 12.3 Å². The van der Waals surface area contributed by atoms with E-state index in [-0.39, 0.29) is 15.8 Å². The second kappa shape index (κ2) is 6.03. The predicted molar refractivity (Wildman–Crippen MR) is 74.7 cm³/mol. The van der Waals surface area contributed by atoms with Crippen LogP contribution in [-0.2, 0) is 0 Å². The van der Waals surface area contributed by atoms with Gasteiger partial charge < -0.3 is 0 Å². The van der Waals surface area contributed by atoms with Gasteiger partial charge in [0.1, 0.15) is 0 Å². The predicted octanol–water partition coefficient (Wildman–Crippen LogP) is 0.578. The van der Waals surface area contributed by atoms with Crippen LogP contribution < -0.4 is 14.8 Å². The maximum atomic E-state index is 4.79. The minimum absolute atomic E-state index is 0.174. The Balaban J connectivity index is 1.67. The number of nitrogens with zero attached hydrogens (tertiary/aromatic N) is 3. The first-order chi connectivity index (χ1) is 8.92. The van der Waals surface area contributed by atoms with Crippen molar-refractivity contribution in [2.45, 2.75) is 30.4 Å². The van der Waals surface area contributed by atoms with Crippen LogP contribution >= 0.6 is 0 Å². The number of nitrogens with one attached hydrogen (secondary N) is 1. The molecule has 1 aromatic heterocycles. The fraction of sp³-hybridized carbons (Fsp3) is 0.692. The summed E-state index contributed by atoms with van der Waals surface area (Å²) in [5.74, 6) is 1.13. The van der Waals surface area contributed by atoms with Gasteiger partial charge in [-0.1, -0.05) is 0 Å². The summed E-state index contributed by atoms with van der Waals surface area (Å²) in [6.07, 6.45) is 7.59. The summed E-state index contributed by atoms with van der Waals surface area (Å²) in [4.78, 5) is 11.6. The maximum absolute atomic E-state index is 4.79. The Morgan fingerprint density at radius 2 is 2.00 bits per heavy atom. The molecule has 97 valence electrons. The average Bonchev–Trinajstić information content (AvgIpc) is 2.93. The summed E-state index contributed by atoms with van der Waals surface area (Å²) >= 11 is 0.174. The molecule has 4 nitrogen and oxygen atoms in total. The van der Waals surface area contributed by atoms with Crippen molar-refractivity contribution in [3.05, 3.63) is 12.3 Å². The van der Waals surface area contributed by atoms with E-state index in [1.54, 1.807) is 0 Å². The first-order valence-electron chi connectivity index (χ1n) is 6.91. The molecule has 0 unspecified atom stereocenters. The number of hydrogen-bond donors (Lipinski definition) is 1. The quantitative estimate of drug-likeness (QED) is 0.830. The summed E-state index contributed by atoms with van der Waals surface area (Å²) in [6.45, 7) is 4.26. The molecule has 1 radical (unpaired) electrons. The van der Waals surface area contributed by atoms with E-state index >= 15 is 0 Å². The summed E-state index contributed by atoms with van der Waals surface area (Å²) in [7, 11) is 0. The second-order valence-corrected chi connectivity index (χ2v) is 7.93. The third-order valence-corrected chi connectivity index (χ3v) is 6.48. The molecule has 18 heavy (non-hydrogen) atoms. The summed E-state index contributed by atoms with van der Waals surface area (Å²) in [5, 5.41) is 3.38. The van der Waals surface area contributed by atoms with Crippen molar-refractivity contribution in [2.24, 2.45) is 0 Å². The molecule has 0 aromatic carbocycles. The van der Waals surface area contributed by atoms with E-state index in [2.05, 4.69) is 21.3 Å². The molecule has 2 aliphatic rings. The summed E-state index contributed by atoms with van der Waals surface area (Å²) < 4.78 is 2.05. The van der Waals surface area contributed by atoms with Crippen molar-refractivity contribution in [1.29, 1.82) is 0 Å². The molecule has 1 aliphatic carbocycles. The first kappa shape index (κ1) is 12.4. The molecule has 1 N–H and O–H groups in total. The Kier molecular flexibility index (Phi) is 4.16. The third kappa shape index (κ3) is 3.04. The van der Waals surface area contributed by atoms with Gasteiger partial charge in [-0.25, -0.2) is 0 Å². The summed E-state index contributed by atoms with van der Waals surface area (Å²) in [6, 6.07) is 2.06. The van der Waals surface area contributed by atoms with Crippen molar-refractivity contribution in [1.82, 2.24) is 15.3 Å². The van der Waals surface area contributed by atoms with Gasteiger partial charge in [-0.05, 0) is 0 Å². The molecule has 3 rings (SSSR count). The van der Waals surface area contributed by atoms with Crippen LogP contribution in [0.3, 0.4) is 0 Å². The van der Waals surface area contributed by atoms with E-state index in [0.717, 1.165) is 41.3 Å². The van der Waals surface area contributed by atoms with Gasteiger partial charge in [-0.3, -0.25) is 0 Å². The van der Waals surface area contributed by atoms with Crippen LogP contribution in [0.5, 0.6) is 0 Å². The van der Waals surface area contributed by atoms with Crippen LogP contribution in [0.2, 0.25) is 4.71 Å². The number of piperazine rings is 1. The van der Waals surface area contributed by atoms with E-state index in [9.17, 15) is 0 Å². The zero-order chi connectivity index (χ0) is 12.2. The van der Waals surface area contributed by atoms with Crippen molar-refractivity contribution < 1.29 is 0 Å². The average molecular weight is 307 g/mol. The van der Waals surface area contributed by atoms with Gasteiger partial charge in [0.25, 0.3) is 0 Å². The monoisotopic (exact) mass is 307 g/mol. The Morgan fingerprint density at radius 1 is 1.22 bits per heavy atom. The number of hydrogen-bond acceptors (Lipinski definition) is 4. The molecule has 0 amide bonds. The molecule has 0 atom stereocenters. The van der Waals surface area contributed by atoms with E-state index in [4.69, 9.17) is 4.98 Å². The molecular weight excluding hydrogens is 287 g/mol. The molecule has 1 aliphatic heterocycles. The van der Waals surface area contributed by atoms with E-state index < -0.39 is 0 Å². The zero-order valence-electron chi connectivity index (χ0n) is 10.7. The number of rotatable bonds is 3. The van der Waals surface area contributed by atoms with Crippen LogP contribution in [-0.4, -0.2) is 51.9 Å². The van der Waals surface area contributed by atoms with Crippen molar-refractivity contribution >= 4 is 26.2 Å². The van der Waals surface area contributed by atoms with E-state index in [1.165, 1.54) is 25.7 Å². The Morgan fingerprint density at radius 3 is 2.78 bits per heavy atom. The molecule has 0 spiro atoms. The van der Waals surface area contributed by atoms with Gasteiger partial charge in [0.15, 0.2) is 0 Å². The molecule has 1 saturated carbocycles. The fourth-order valence-electron chi connectivity index (χ4n) is 2.67. The van der Waals surface area contributed by atoms with Crippen LogP contribution in [0.4, 0.5) is 5.82 Å². The Labute approximate surface area is 115 Å². The number of aromatic nitrogens is 2. The van der Waals surface area contributed by atoms with Gasteiger partial charge in [-0.2, -0.15) is 0 Å². The molecule has 5 heteroatoms. The van der Waals surface area contributed by atoms with Gasteiger partial charge in [0, 0.05) is 0 Å². The molecular formula is C13H20AsN4. The zero-order valence-corrected chi connectivity index (χ0v) is 12.6. The van der Waals surface area contributed by atoms with Crippen molar-refractivity contribution in [3.8, 4) is 0 Å². The van der Waals surface area contributed by atoms with Gasteiger partial charge >= 0.3 is 115 Å². The van der Waals surface area contributed by atoms with Crippen LogP contribution in [0.25, 0.3) is 0 Å². The first-order valence-corrected chi connectivity index (χ1v) is 8.93. The topological polar surface area (TPSA) is 41.0 Å². The fourth-order valence-corrected chi connectivity index (χ4v) is 5.28. The second-order valence-electron chi connectivity index (χ2n) is 5.02. The van der Waals surface area contributed by atoms with Gasteiger partial charge in [0.05, 0.1) is 0 Å². The third-order valence-electron chi connectivity index (χ3n) is 3.69. The molecule has 1 saturated heterocycles. The van der Waals surface area contributed by atoms with Crippen LogP contribution in [0, 0.1) is 0 Å². The van der Waals surface area contributed by atoms with E-state index in [1.807, 2.05) is 6.20 Å². The van der Waals surface area contributed by atoms with Gasteiger partial charge in [-0.15, -0.1) is 0 Å². The van der Waals surface area contributed by atoms with Crippen molar-refractivity contribution in [2.75, 3.05) is 31.1 Å². The molecule has 2 fully saturated rings. The SMILES string of the molecule is c1cc(N2CCNCC2)nc([As]C2CCCC2)n1. The Bertz CT molecular complexity index is 386. The van der Waals surface area contributed by atoms with Crippen LogP contribution in [0.1, 0.15) is 25.7 Å². The molecule has 2 heterocycles. The standard InChI is InChI=1S/C13H20AsN4/c1-2-4-11(3-1)14-13-16-6-5-12(17-13)18-9-7-15-8-10-18/h5-6,11,15H,1-4,7-10H2. The summed E-state index contributed by atoms with van der Waals surface area (Å²) in [5.41, 5.74) is 0. The van der Waals surface area contributed by atoms with E-state index in [0.29, 0.717) is 0 Å². The minimum atomic E-state index is 0.174. The normalized spacial score (nSPS) is 22.1. The molecule has 0 bridgehead atoms. The number of anilines is 1. The Hall–Kier alpha value is -0.602. The van der Waals surface area contributed by atoms with Gasteiger partial charge in [0.2, 0.25) is 0 Å². The molecule has 1 aromatic rings. The van der Waals surface area contributed by atoms with Crippen molar-refractivity contribution in [3.63, 3.8) is 0 Å².